The van der Waals surface area contributed by atoms with E-state index in [-0.39, 0.29) is 5.97 Å². The Hall–Kier alpha value is -2.95. The number of carbonyl (C=O) groups excluding carboxylic acids is 1. The van der Waals surface area contributed by atoms with Crippen LogP contribution in [-0.4, -0.2) is 18.2 Å². The summed E-state index contributed by atoms with van der Waals surface area (Å²) in [7, 11) is 0. The summed E-state index contributed by atoms with van der Waals surface area (Å²) in [4.78, 5) is 16.2. The van der Waals surface area contributed by atoms with E-state index >= 15 is 0 Å². The highest BCUT2D eigenvalue weighted by atomic mass is 35.5. The molecule has 0 bridgehead atoms. The highest BCUT2D eigenvalue weighted by Crippen LogP contribution is 2.45. The van der Waals surface area contributed by atoms with Crippen molar-refractivity contribution in [2.45, 2.75) is 59.0 Å². The molecule has 0 radical (unpaired) electrons. The fourth-order valence-electron chi connectivity index (χ4n) is 5.11. The van der Waals surface area contributed by atoms with Crippen molar-refractivity contribution in [2.75, 3.05) is 6.61 Å². The smallest absolute Gasteiger partial charge is 0.350 e. The number of carbonyl (C=O) groups is 1. The Morgan fingerprint density at radius 3 is 2.59 bits per heavy atom. The van der Waals surface area contributed by atoms with Crippen LogP contribution < -0.4 is 0 Å². The molecule has 0 spiro atoms. The lowest BCUT2D eigenvalue weighted by Gasteiger charge is -2.41. The molecule has 0 aliphatic heterocycles. The number of hydrogen-bond donors (Lipinski definition) is 0. The van der Waals surface area contributed by atoms with Gasteiger partial charge in [0.15, 0.2) is 0 Å². The van der Waals surface area contributed by atoms with E-state index < -0.39 is 5.60 Å². The topological polar surface area (TPSA) is 84.3 Å². The lowest BCUT2D eigenvalue weighted by atomic mass is 9.73. The van der Waals surface area contributed by atoms with Crippen molar-refractivity contribution >= 4 is 23.3 Å². The standard InChI is InChI=1S/C27H30ClN3O3/c1-5-33-26(32)27(11-10-16(2)18(4)15-27)34-24-13-20-12-17(3)22(14-23(20)25(24)30-31-29)19-6-8-21(28)9-7-19/h6-9,12,14,16,18H,5,10-11,13,15H2,1-4H3. The minimum Gasteiger partial charge on any atom is -0.479 e. The highest BCUT2D eigenvalue weighted by Gasteiger charge is 2.48. The van der Waals surface area contributed by atoms with E-state index in [4.69, 9.17) is 21.1 Å². The summed E-state index contributed by atoms with van der Waals surface area (Å²) in [6.07, 6.45) is 2.49. The quantitative estimate of drug-likeness (QED) is 0.185. The molecule has 2 aliphatic carbocycles. The van der Waals surface area contributed by atoms with Crippen molar-refractivity contribution in [3.63, 3.8) is 0 Å². The number of halogens is 1. The van der Waals surface area contributed by atoms with E-state index in [0.29, 0.717) is 54.2 Å². The normalized spacial score (nSPS) is 23.8. The first-order chi connectivity index (χ1) is 16.3. The van der Waals surface area contributed by atoms with E-state index in [0.717, 1.165) is 34.2 Å². The van der Waals surface area contributed by atoms with Gasteiger partial charge >= 0.3 is 5.97 Å². The second-order valence-corrected chi connectivity index (χ2v) is 9.92. The third-order valence-electron chi connectivity index (χ3n) is 7.21. The minimum absolute atomic E-state index is 0.292. The molecule has 0 amide bonds. The van der Waals surface area contributed by atoms with Gasteiger partial charge in [0.25, 0.3) is 0 Å². The minimum atomic E-state index is -1.07. The largest absolute Gasteiger partial charge is 0.479 e. The first-order valence-corrected chi connectivity index (χ1v) is 12.2. The summed E-state index contributed by atoms with van der Waals surface area (Å²) in [5, 5.41) is 4.70. The van der Waals surface area contributed by atoms with Crippen molar-refractivity contribution < 1.29 is 14.3 Å². The van der Waals surface area contributed by atoms with Gasteiger partial charge in [-0.25, -0.2) is 4.79 Å². The lowest BCUT2D eigenvalue weighted by molar-refractivity contribution is -0.174. The molecule has 3 unspecified atom stereocenters. The molecule has 2 aromatic rings. The zero-order valence-corrected chi connectivity index (χ0v) is 20.9. The Morgan fingerprint density at radius 1 is 1.21 bits per heavy atom. The number of ether oxygens (including phenoxy) is 2. The molecule has 0 N–H and O–H groups in total. The molecule has 6 nitrogen and oxygen atoms in total. The van der Waals surface area contributed by atoms with Crippen LogP contribution in [-0.2, 0) is 20.7 Å². The van der Waals surface area contributed by atoms with Crippen LogP contribution in [0.1, 0.15) is 56.7 Å². The number of hydrogen-bond acceptors (Lipinski definition) is 4. The van der Waals surface area contributed by atoms with Gasteiger partial charge in [0.2, 0.25) is 5.60 Å². The third-order valence-corrected chi connectivity index (χ3v) is 7.47. The number of rotatable bonds is 6. The predicted molar refractivity (Wildman–Crippen MR) is 134 cm³/mol. The van der Waals surface area contributed by atoms with Gasteiger partial charge in [0.05, 0.1) is 12.3 Å². The zero-order chi connectivity index (χ0) is 24.5. The van der Waals surface area contributed by atoms with Crippen LogP contribution >= 0.6 is 11.6 Å². The predicted octanol–water partition coefficient (Wildman–Crippen LogP) is 7.63. The van der Waals surface area contributed by atoms with Gasteiger partial charge < -0.3 is 9.47 Å². The van der Waals surface area contributed by atoms with Gasteiger partial charge in [-0.1, -0.05) is 48.8 Å². The molecule has 2 aliphatic rings. The van der Waals surface area contributed by atoms with Crippen molar-refractivity contribution in [1.29, 1.82) is 0 Å². The van der Waals surface area contributed by atoms with Crippen LogP contribution in [0.25, 0.3) is 27.3 Å². The Morgan fingerprint density at radius 2 is 1.94 bits per heavy atom. The second kappa shape index (κ2) is 9.73. The molecular formula is C27H30ClN3O3. The molecule has 3 atom stereocenters. The second-order valence-electron chi connectivity index (χ2n) is 9.48. The average molecular weight is 480 g/mol. The fourth-order valence-corrected chi connectivity index (χ4v) is 5.23. The van der Waals surface area contributed by atoms with Gasteiger partial charge in [0.1, 0.15) is 5.76 Å². The molecule has 1 saturated carbocycles. The summed E-state index contributed by atoms with van der Waals surface area (Å²) in [6.45, 7) is 8.50. The molecule has 1 fully saturated rings. The Bertz CT molecular complexity index is 1180. The molecule has 34 heavy (non-hydrogen) atoms. The van der Waals surface area contributed by atoms with Crippen molar-refractivity contribution in [1.82, 2.24) is 0 Å². The van der Waals surface area contributed by atoms with E-state index in [2.05, 4.69) is 36.9 Å². The summed E-state index contributed by atoms with van der Waals surface area (Å²) in [5.41, 5.74) is 13.7. The van der Waals surface area contributed by atoms with E-state index in [9.17, 15) is 10.3 Å². The number of fused-ring (bicyclic) bond motifs is 1. The van der Waals surface area contributed by atoms with Crippen LogP contribution in [0.4, 0.5) is 0 Å². The average Bonchev–Trinajstić information content (AvgIpc) is 3.12. The molecular weight excluding hydrogens is 450 g/mol. The van der Waals surface area contributed by atoms with Gasteiger partial charge in [-0.05, 0) is 90.1 Å². The van der Waals surface area contributed by atoms with Gasteiger partial charge in [0, 0.05) is 22.8 Å². The molecule has 7 heteroatoms. The van der Waals surface area contributed by atoms with Gasteiger partial charge in [-0.15, -0.1) is 0 Å². The van der Waals surface area contributed by atoms with Crippen molar-refractivity contribution in [2.24, 2.45) is 17.0 Å². The molecule has 178 valence electrons. The van der Waals surface area contributed by atoms with E-state index in [1.165, 1.54) is 0 Å². The van der Waals surface area contributed by atoms with Crippen molar-refractivity contribution in [3.05, 3.63) is 74.3 Å². The lowest BCUT2D eigenvalue weighted by Crippen LogP contribution is -2.48. The summed E-state index contributed by atoms with van der Waals surface area (Å²) in [6, 6.07) is 11.8. The van der Waals surface area contributed by atoms with E-state index in [1.807, 2.05) is 30.3 Å². The molecule has 0 aromatic heterocycles. The maximum absolute atomic E-state index is 13.1. The van der Waals surface area contributed by atoms with Gasteiger partial charge in [-0.2, -0.15) is 0 Å². The third kappa shape index (κ3) is 4.53. The number of allylic oxidation sites excluding steroid dienone is 1. The summed E-state index contributed by atoms with van der Waals surface area (Å²) >= 11 is 6.07. The Kier molecular flexibility index (Phi) is 6.92. The van der Waals surface area contributed by atoms with Crippen LogP contribution in [0.2, 0.25) is 5.02 Å². The van der Waals surface area contributed by atoms with Crippen LogP contribution in [0.5, 0.6) is 0 Å². The molecule has 0 heterocycles. The summed E-state index contributed by atoms with van der Waals surface area (Å²) in [5.74, 6) is 1.01. The molecule has 0 saturated heterocycles. The first kappa shape index (κ1) is 24.2. The maximum Gasteiger partial charge on any atom is 0.350 e. The van der Waals surface area contributed by atoms with Crippen LogP contribution in [0.3, 0.4) is 0 Å². The maximum atomic E-state index is 13.1. The van der Waals surface area contributed by atoms with E-state index in [1.54, 1.807) is 6.92 Å². The van der Waals surface area contributed by atoms with Crippen LogP contribution in [0, 0.1) is 18.8 Å². The SMILES string of the molecule is CCOC(=O)C1(OC2=C(N=[N+]=[N-])c3cc(-c4ccc(Cl)cc4)c(C)cc3C2)CCC(C)C(C)C1. The fraction of sp³-hybridized carbons (Fsp3) is 0.444. The number of esters is 1. The highest BCUT2D eigenvalue weighted by molar-refractivity contribution is 6.30. The zero-order valence-electron chi connectivity index (χ0n) is 20.1. The number of aryl methyl sites for hydroxylation is 1. The Balaban J connectivity index is 1.76. The van der Waals surface area contributed by atoms with Gasteiger partial charge in [-0.3, -0.25) is 0 Å². The number of azide groups is 1. The Labute approximate surface area is 205 Å². The summed E-state index contributed by atoms with van der Waals surface area (Å²) < 4.78 is 12.0. The first-order valence-electron chi connectivity index (χ1n) is 11.8. The number of nitrogens with zero attached hydrogens (tertiary/aromatic N) is 3. The molecule has 4 rings (SSSR count). The van der Waals surface area contributed by atoms with Crippen molar-refractivity contribution in [3.8, 4) is 11.1 Å². The number of benzene rings is 2. The monoisotopic (exact) mass is 479 g/mol. The molecule has 2 aromatic carbocycles. The van der Waals surface area contributed by atoms with Crippen LogP contribution in [0.15, 0.2) is 47.3 Å².